The number of likely N-dealkylation sites (tertiary alicyclic amines) is 2. The summed E-state index contributed by atoms with van der Waals surface area (Å²) in [5.74, 6) is 6.63. The minimum Gasteiger partial charge on any atom is -0.465 e. The Bertz CT molecular complexity index is 929. The Kier molecular flexibility index (Phi) is 5.74. The fourth-order valence-corrected chi connectivity index (χ4v) is 6.15. The van der Waals surface area contributed by atoms with Crippen LogP contribution in [0.5, 0.6) is 0 Å². The summed E-state index contributed by atoms with van der Waals surface area (Å²) in [5, 5.41) is 10.1. The van der Waals surface area contributed by atoms with Gasteiger partial charge in [0.25, 0.3) is 0 Å². The van der Waals surface area contributed by atoms with Gasteiger partial charge >= 0.3 is 12.1 Å². The number of ether oxygens (including phenoxy) is 1. The molecule has 1 N–H and O–H groups in total. The monoisotopic (exact) mass is 424 g/mol. The van der Waals surface area contributed by atoms with Crippen LogP contribution in [0.4, 0.5) is 4.79 Å². The Morgan fingerprint density at radius 1 is 1.23 bits per heavy atom. The van der Waals surface area contributed by atoms with Gasteiger partial charge in [-0.15, -0.1) is 0 Å². The van der Waals surface area contributed by atoms with E-state index >= 15 is 0 Å². The Balaban J connectivity index is 1.79. The number of fused-ring (bicyclic) bond motifs is 1. The van der Waals surface area contributed by atoms with Gasteiger partial charge in [-0.3, -0.25) is 14.6 Å². The highest BCUT2D eigenvalue weighted by Gasteiger charge is 2.62. The lowest BCUT2D eigenvalue weighted by molar-refractivity contribution is -0.170. The van der Waals surface area contributed by atoms with Crippen LogP contribution in [0, 0.1) is 24.7 Å². The lowest BCUT2D eigenvalue weighted by atomic mass is 9.68. The topological polar surface area (TPSA) is 70.1 Å². The largest absolute Gasteiger partial charge is 0.465 e. The molecule has 1 aliphatic carbocycles. The molecule has 1 aromatic carbocycles. The molecule has 31 heavy (non-hydrogen) atoms. The third kappa shape index (κ3) is 3.92. The third-order valence-corrected chi connectivity index (χ3v) is 7.26. The second kappa shape index (κ2) is 8.20. The Hall–Kier alpha value is -2.52. The number of esters is 1. The van der Waals surface area contributed by atoms with E-state index in [9.17, 15) is 14.7 Å². The number of hydrogen-bond donors (Lipinski definition) is 1. The van der Waals surface area contributed by atoms with Crippen LogP contribution in [0.25, 0.3) is 0 Å². The van der Waals surface area contributed by atoms with E-state index in [1.165, 1.54) is 17.4 Å². The van der Waals surface area contributed by atoms with Gasteiger partial charge in [0, 0.05) is 30.9 Å². The van der Waals surface area contributed by atoms with Crippen LogP contribution in [0.2, 0.25) is 0 Å². The van der Waals surface area contributed by atoms with Crippen LogP contribution >= 0.6 is 0 Å². The highest BCUT2D eigenvalue weighted by Crippen LogP contribution is 2.52. The number of benzene rings is 1. The molecular weight excluding hydrogens is 392 g/mol. The number of aryl methyl sites for hydroxylation is 1. The van der Waals surface area contributed by atoms with E-state index in [0.717, 1.165) is 50.8 Å². The second-order valence-corrected chi connectivity index (χ2v) is 9.43. The maximum atomic E-state index is 12.3. The smallest absolute Gasteiger partial charge is 0.410 e. The van der Waals surface area contributed by atoms with Gasteiger partial charge in [-0.1, -0.05) is 24.0 Å². The SMILES string of the molecule is CC(=O)OC1(C)C[C@@H]2[C@@H](CCC[C@]2(C#Cc2cccc(C)c2)N2CCCC2)N1C(=O)O. The molecule has 1 unspecified atom stereocenters. The lowest BCUT2D eigenvalue weighted by Gasteiger charge is -2.48. The Labute approximate surface area is 184 Å². The van der Waals surface area contributed by atoms with Crippen molar-refractivity contribution in [1.29, 1.82) is 0 Å². The standard InChI is InChI=1S/C25H32N2O4/c1-18-8-6-9-20(16-18)11-13-25(26-14-4-5-15-26)12-7-10-22-21(25)17-24(3,31-19(2)28)27(22)23(29)30/h6,8-9,16,21-22H,4-5,7,10,12,14-15,17H2,1-3H3,(H,29,30)/t21-,22-,24?,25-/m1/s1. The summed E-state index contributed by atoms with van der Waals surface area (Å²) in [6.07, 6.45) is 4.30. The van der Waals surface area contributed by atoms with Crippen molar-refractivity contribution >= 4 is 12.1 Å². The first kappa shape index (κ1) is 21.7. The fraction of sp³-hybridized carbons (Fsp3) is 0.600. The van der Waals surface area contributed by atoms with Crippen molar-refractivity contribution in [2.75, 3.05) is 13.1 Å². The summed E-state index contributed by atoms with van der Waals surface area (Å²) in [6.45, 7) is 7.10. The van der Waals surface area contributed by atoms with Crippen molar-refractivity contribution in [3.05, 3.63) is 35.4 Å². The average Bonchev–Trinajstić information content (AvgIpc) is 3.32. The summed E-state index contributed by atoms with van der Waals surface area (Å²) >= 11 is 0. The van der Waals surface area contributed by atoms with Crippen molar-refractivity contribution in [1.82, 2.24) is 9.80 Å². The molecule has 2 aliphatic heterocycles. The summed E-state index contributed by atoms with van der Waals surface area (Å²) in [5.41, 5.74) is 0.586. The van der Waals surface area contributed by atoms with Crippen LogP contribution in [0.3, 0.4) is 0 Å². The van der Waals surface area contributed by atoms with Crippen molar-refractivity contribution < 1.29 is 19.4 Å². The van der Waals surface area contributed by atoms with E-state index in [1.807, 2.05) is 12.1 Å². The molecule has 0 spiro atoms. The predicted molar refractivity (Wildman–Crippen MR) is 117 cm³/mol. The molecule has 166 valence electrons. The molecule has 1 saturated carbocycles. The second-order valence-electron chi connectivity index (χ2n) is 9.43. The number of rotatable bonds is 2. The zero-order chi connectivity index (χ0) is 22.2. The molecular formula is C25H32N2O4. The van der Waals surface area contributed by atoms with E-state index in [4.69, 9.17) is 4.74 Å². The molecule has 0 aromatic heterocycles. The van der Waals surface area contributed by atoms with Gasteiger partial charge in [0.15, 0.2) is 5.72 Å². The summed E-state index contributed by atoms with van der Waals surface area (Å²) in [6, 6.07) is 7.99. The molecule has 3 aliphatic rings. The summed E-state index contributed by atoms with van der Waals surface area (Å²) in [4.78, 5) is 28.0. The van der Waals surface area contributed by atoms with Crippen molar-refractivity contribution in [2.24, 2.45) is 5.92 Å². The van der Waals surface area contributed by atoms with Crippen molar-refractivity contribution in [2.45, 2.75) is 76.6 Å². The predicted octanol–water partition coefficient (Wildman–Crippen LogP) is 4.01. The van der Waals surface area contributed by atoms with E-state index < -0.39 is 23.3 Å². The highest BCUT2D eigenvalue weighted by molar-refractivity contribution is 5.70. The number of nitrogens with zero attached hydrogens (tertiary/aromatic N) is 2. The third-order valence-electron chi connectivity index (χ3n) is 7.26. The van der Waals surface area contributed by atoms with Crippen LogP contribution < -0.4 is 0 Å². The fourth-order valence-electron chi connectivity index (χ4n) is 6.15. The van der Waals surface area contributed by atoms with Gasteiger partial charge in [0.2, 0.25) is 0 Å². The van der Waals surface area contributed by atoms with E-state index in [-0.39, 0.29) is 12.0 Å². The molecule has 2 heterocycles. The quantitative estimate of drug-likeness (QED) is 0.574. The molecule has 6 heteroatoms. The first-order valence-electron chi connectivity index (χ1n) is 11.3. The minimum atomic E-state index is -1.16. The molecule has 6 nitrogen and oxygen atoms in total. The van der Waals surface area contributed by atoms with E-state index in [2.05, 4.69) is 35.8 Å². The van der Waals surface area contributed by atoms with Crippen LogP contribution in [0.1, 0.15) is 63.5 Å². The van der Waals surface area contributed by atoms with E-state index in [1.54, 1.807) is 6.92 Å². The van der Waals surface area contributed by atoms with Crippen LogP contribution in [-0.2, 0) is 9.53 Å². The van der Waals surface area contributed by atoms with Gasteiger partial charge in [0.05, 0.1) is 5.54 Å². The number of carbonyl (C=O) groups excluding carboxylic acids is 1. The molecule has 4 rings (SSSR count). The minimum absolute atomic E-state index is 0.00268. The maximum Gasteiger partial charge on any atom is 0.410 e. The summed E-state index contributed by atoms with van der Waals surface area (Å²) < 4.78 is 5.64. The molecule has 1 aromatic rings. The highest BCUT2D eigenvalue weighted by atomic mass is 16.6. The van der Waals surface area contributed by atoms with E-state index in [0.29, 0.717) is 6.42 Å². The van der Waals surface area contributed by atoms with Crippen molar-refractivity contribution in [3.63, 3.8) is 0 Å². The molecule has 0 radical (unpaired) electrons. The first-order valence-corrected chi connectivity index (χ1v) is 11.3. The van der Waals surface area contributed by atoms with Crippen LogP contribution in [0.15, 0.2) is 24.3 Å². The van der Waals surface area contributed by atoms with Crippen LogP contribution in [-0.4, -0.2) is 57.4 Å². The van der Waals surface area contributed by atoms with Crippen molar-refractivity contribution in [3.8, 4) is 11.8 Å². The molecule has 4 atom stereocenters. The molecule has 1 amide bonds. The van der Waals surface area contributed by atoms with Gasteiger partial charge in [-0.05, 0) is 76.7 Å². The Morgan fingerprint density at radius 2 is 1.97 bits per heavy atom. The maximum absolute atomic E-state index is 12.3. The lowest BCUT2D eigenvalue weighted by Crippen LogP contribution is -2.58. The number of carboxylic acid groups (broad SMARTS) is 1. The molecule has 2 saturated heterocycles. The van der Waals surface area contributed by atoms with Gasteiger partial charge < -0.3 is 9.84 Å². The van der Waals surface area contributed by atoms with Gasteiger partial charge in [-0.25, -0.2) is 4.79 Å². The number of amides is 1. The zero-order valence-electron chi connectivity index (χ0n) is 18.7. The zero-order valence-corrected chi connectivity index (χ0v) is 18.7. The molecule has 3 fully saturated rings. The molecule has 0 bridgehead atoms. The summed E-state index contributed by atoms with van der Waals surface area (Å²) in [7, 11) is 0. The number of hydrogen-bond acceptors (Lipinski definition) is 4. The first-order chi connectivity index (χ1) is 14.7. The van der Waals surface area contributed by atoms with Gasteiger partial charge in [-0.2, -0.15) is 0 Å². The Morgan fingerprint density at radius 3 is 2.61 bits per heavy atom. The van der Waals surface area contributed by atoms with Gasteiger partial charge in [0.1, 0.15) is 0 Å². The average molecular weight is 425 g/mol. The normalized spacial score (nSPS) is 32.8. The number of carbonyl (C=O) groups is 2.